The van der Waals surface area contributed by atoms with Crippen LogP contribution in [0.3, 0.4) is 0 Å². The summed E-state index contributed by atoms with van der Waals surface area (Å²) in [7, 11) is 3.63. The topological polar surface area (TPSA) is 29.5 Å². The van der Waals surface area contributed by atoms with Gasteiger partial charge in [-0.2, -0.15) is 0 Å². The Labute approximate surface area is 117 Å². The van der Waals surface area contributed by atoms with Crippen LogP contribution in [-0.4, -0.2) is 24.8 Å². The number of ether oxygens (including phenoxy) is 1. The van der Waals surface area contributed by atoms with Crippen molar-refractivity contribution in [2.24, 2.45) is 0 Å². The van der Waals surface area contributed by atoms with Crippen molar-refractivity contribution in [2.45, 2.75) is 13.3 Å². The first-order chi connectivity index (χ1) is 8.42. The van der Waals surface area contributed by atoms with Gasteiger partial charge in [0.15, 0.2) is 11.5 Å². The Hall–Kier alpha value is -1.19. The standard InChI is InChI=1S/C13H15Cl2NO2/c1-4-12(17)13(8-16(2)3)18-11-6-9(14)5-10(15)7-11/h5-8H,4H2,1-3H3/b13-8-. The van der Waals surface area contributed by atoms with Crippen molar-refractivity contribution in [3.63, 3.8) is 0 Å². The molecule has 0 aromatic heterocycles. The SMILES string of the molecule is CCC(=O)/C(=C/N(C)C)Oc1cc(Cl)cc(Cl)c1. The van der Waals surface area contributed by atoms with Crippen LogP contribution in [0, 0.1) is 0 Å². The maximum Gasteiger partial charge on any atom is 0.199 e. The van der Waals surface area contributed by atoms with Gasteiger partial charge in [-0.15, -0.1) is 0 Å². The molecule has 0 aliphatic rings. The fourth-order valence-corrected chi connectivity index (χ4v) is 1.78. The van der Waals surface area contributed by atoms with Gasteiger partial charge in [-0.05, 0) is 18.2 Å². The van der Waals surface area contributed by atoms with E-state index in [2.05, 4.69) is 0 Å². The minimum absolute atomic E-state index is 0.0835. The molecule has 0 saturated heterocycles. The molecule has 1 aromatic rings. The number of ketones is 1. The van der Waals surface area contributed by atoms with E-state index in [-0.39, 0.29) is 11.5 Å². The van der Waals surface area contributed by atoms with E-state index in [4.69, 9.17) is 27.9 Å². The summed E-state index contributed by atoms with van der Waals surface area (Å²) in [5.41, 5.74) is 0. The third kappa shape index (κ3) is 4.59. The van der Waals surface area contributed by atoms with Gasteiger partial charge in [0, 0.05) is 36.8 Å². The zero-order chi connectivity index (χ0) is 13.7. The van der Waals surface area contributed by atoms with Gasteiger partial charge in [-0.25, -0.2) is 0 Å². The van der Waals surface area contributed by atoms with Gasteiger partial charge in [-0.1, -0.05) is 30.1 Å². The number of allylic oxidation sites excluding steroid dienone is 1. The number of nitrogens with zero attached hydrogens (tertiary/aromatic N) is 1. The molecular weight excluding hydrogens is 273 g/mol. The molecule has 0 bridgehead atoms. The van der Waals surface area contributed by atoms with E-state index >= 15 is 0 Å². The van der Waals surface area contributed by atoms with E-state index < -0.39 is 0 Å². The second-order valence-corrected chi connectivity index (χ2v) is 4.81. The molecule has 5 heteroatoms. The van der Waals surface area contributed by atoms with E-state index in [1.165, 1.54) is 0 Å². The van der Waals surface area contributed by atoms with Gasteiger partial charge in [0.25, 0.3) is 0 Å². The van der Waals surface area contributed by atoms with Crippen LogP contribution >= 0.6 is 23.2 Å². The van der Waals surface area contributed by atoms with E-state index in [0.29, 0.717) is 22.2 Å². The van der Waals surface area contributed by atoms with E-state index in [9.17, 15) is 4.79 Å². The average molecular weight is 288 g/mol. The van der Waals surface area contributed by atoms with Crippen LogP contribution < -0.4 is 4.74 Å². The quantitative estimate of drug-likeness (QED) is 0.610. The largest absolute Gasteiger partial charge is 0.452 e. The lowest BCUT2D eigenvalue weighted by Gasteiger charge is -2.12. The predicted molar refractivity (Wildman–Crippen MR) is 74.2 cm³/mol. The lowest BCUT2D eigenvalue weighted by Crippen LogP contribution is -2.13. The molecule has 0 unspecified atom stereocenters. The van der Waals surface area contributed by atoms with Crippen molar-refractivity contribution >= 4 is 29.0 Å². The second-order valence-electron chi connectivity index (χ2n) is 3.94. The molecule has 0 amide bonds. The summed E-state index contributed by atoms with van der Waals surface area (Å²) in [5, 5.41) is 0.927. The average Bonchev–Trinajstić information content (AvgIpc) is 2.25. The van der Waals surface area contributed by atoms with Crippen LogP contribution in [0.1, 0.15) is 13.3 Å². The van der Waals surface area contributed by atoms with Crippen molar-refractivity contribution in [3.8, 4) is 5.75 Å². The van der Waals surface area contributed by atoms with Crippen molar-refractivity contribution < 1.29 is 9.53 Å². The number of benzene rings is 1. The van der Waals surface area contributed by atoms with Crippen LogP contribution in [0.5, 0.6) is 5.75 Å². The highest BCUT2D eigenvalue weighted by molar-refractivity contribution is 6.34. The summed E-state index contributed by atoms with van der Waals surface area (Å²) in [6.07, 6.45) is 1.99. The first-order valence-electron chi connectivity index (χ1n) is 5.47. The summed E-state index contributed by atoms with van der Waals surface area (Å²) in [4.78, 5) is 13.5. The van der Waals surface area contributed by atoms with Gasteiger partial charge in [-0.3, -0.25) is 4.79 Å². The predicted octanol–water partition coefficient (Wildman–Crippen LogP) is 3.75. The fraction of sp³-hybridized carbons (Fsp3) is 0.308. The van der Waals surface area contributed by atoms with Crippen LogP contribution in [0.2, 0.25) is 10.0 Å². The third-order valence-corrected chi connectivity index (χ3v) is 2.47. The minimum atomic E-state index is -0.0835. The molecule has 3 nitrogen and oxygen atoms in total. The van der Waals surface area contributed by atoms with Crippen LogP contribution in [0.25, 0.3) is 0 Å². The van der Waals surface area contributed by atoms with Crippen molar-refractivity contribution in [2.75, 3.05) is 14.1 Å². The highest BCUT2D eigenvalue weighted by atomic mass is 35.5. The molecule has 0 radical (unpaired) electrons. The normalized spacial score (nSPS) is 11.3. The number of rotatable bonds is 5. The number of hydrogen-bond donors (Lipinski definition) is 0. The minimum Gasteiger partial charge on any atom is -0.452 e. The van der Waals surface area contributed by atoms with Crippen molar-refractivity contribution in [3.05, 3.63) is 40.2 Å². The Kier molecular flexibility index (Phi) is 5.51. The van der Waals surface area contributed by atoms with Gasteiger partial charge in [0.1, 0.15) is 5.75 Å². The number of Topliss-reactive ketones (excluding diaryl/α,β-unsaturated/α-hetero) is 1. The first-order valence-corrected chi connectivity index (χ1v) is 6.23. The molecule has 0 aliphatic heterocycles. The Balaban J connectivity index is 2.99. The lowest BCUT2D eigenvalue weighted by molar-refractivity contribution is -0.117. The molecule has 0 saturated carbocycles. The molecule has 1 aromatic carbocycles. The van der Waals surface area contributed by atoms with Gasteiger partial charge >= 0.3 is 0 Å². The van der Waals surface area contributed by atoms with Crippen molar-refractivity contribution in [1.29, 1.82) is 0 Å². The van der Waals surface area contributed by atoms with Crippen LogP contribution in [0.4, 0.5) is 0 Å². The maximum atomic E-state index is 11.7. The molecule has 98 valence electrons. The monoisotopic (exact) mass is 287 g/mol. The highest BCUT2D eigenvalue weighted by Crippen LogP contribution is 2.25. The zero-order valence-electron chi connectivity index (χ0n) is 10.5. The molecule has 1 rings (SSSR count). The number of carbonyl (C=O) groups excluding carboxylic acids is 1. The Morgan fingerprint density at radius 3 is 2.28 bits per heavy atom. The highest BCUT2D eigenvalue weighted by Gasteiger charge is 2.11. The fourth-order valence-electron chi connectivity index (χ4n) is 1.28. The summed E-state index contributed by atoms with van der Waals surface area (Å²) in [6.45, 7) is 1.78. The summed E-state index contributed by atoms with van der Waals surface area (Å²) >= 11 is 11.7. The van der Waals surface area contributed by atoms with Gasteiger partial charge < -0.3 is 9.64 Å². The number of carbonyl (C=O) groups is 1. The molecule has 0 heterocycles. The first kappa shape index (κ1) is 14.9. The second kappa shape index (κ2) is 6.66. The zero-order valence-corrected chi connectivity index (χ0v) is 12.0. The van der Waals surface area contributed by atoms with Gasteiger partial charge in [0.2, 0.25) is 0 Å². The summed E-state index contributed by atoms with van der Waals surface area (Å²) < 4.78 is 5.54. The van der Waals surface area contributed by atoms with Gasteiger partial charge in [0.05, 0.1) is 0 Å². The Morgan fingerprint density at radius 2 is 1.83 bits per heavy atom. The molecule has 18 heavy (non-hydrogen) atoms. The summed E-state index contributed by atoms with van der Waals surface area (Å²) in [5.74, 6) is 0.628. The number of halogens is 2. The van der Waals surface area contributed by atoms with Crippen molar-refractivity contribution in [1.82, 2.24) is 4.90 Å². The molecule has 0 atom stereocenters. The molecule has 0 fully saturated rings. The Morgan fingerprint density at radius 1 is 1.28 bits per heavy atom. The van der Waals surface area contributed by atoms with Crippen LogP contribution in [-0.2, 0) is 4.79 Å². The molecular formula is C13H15Cl2NO2. The molecule has 0 spiro atoms. The van der Waals surface area contributed by atoms with E-state index in [1.807, 2.05) is 14.1 Å². The van der Waals surface area contributed by atoms with E-state index in [0.717, 1.165) is 0 Å². The summed E-state index contributed by atoms with van der Waals surface area (Å²) in [6, 6.07) is 4.83. The van der Waals surface area contributed by atoms with Crippen LogP contribution in [0.15, 0.2) is 30.2 Å². The molecule has 0 N–H and O–H groups in total. The third-order valence-electron chi connectivity index (χ3n) is 2.04. The van der Waals surface area contributed by atoms with E-state index in [1.54, 1.807) is 36.2 Å². The Bertz CT molecular complexity index is 450. The molecule has 0 aliphatic carbocycles. The smallest absolute Gasteiger partial charge is 0.199 e. The number of hydrogen-bond acceptors (Lipinski definition) is 3. The maximum absolute atomic E-state index is 11.7. The lowest BCUT2D eigenvalue weighted by atomic mass is 10.2.